The van der Waals surface area contributed by atoms with Crippen molar-refractivity contribution in [1.29, 1.82) is 0 Å². The van der Waals surface area contributed by atoms with E-state index in [-0.39, 0.29) is 17.4 Å². The average molecular weight is 266 g/mol. The number of carboxylic acid groups (broad SMARTS) is 1. The summed E-state index contributed by atoms with van der Waals surface area (Å²) in [5.74, 6) is -1.19. The van der Waals surface area contributed by atoms with Crippen molar-refractivity contribution in [3.05, 3.63) is 33.9 Å². The van der Waals surface area contributed by atoms with Crippen LogP contribution in [0.5, 0.6) is 0 Å². The number of benzene rings is 1. The lowest BCUT2D eigenvalue weighted by atomic mass is 10.1. The molecule has 1 saturated heterocycles. The molecule has 0 saturated carbocycles. The van der Waals surface area contributed by atoms with Crippen LogP contribution in [-0.4, -0.2) is 40.3 Å². The van der Waals surface area contributed by atoms with Gasteiger partial charge in [0.2, 0.25) is 0 Å². The predicted octanol–water partition coefficient (Wildman–Crippen LogP) is 1.25. The molecule has 0 aromatic heterocycles. The van der Waals surface area contributed by atoms with Gasteiger partial charge in [-0.2, -0.15) is 0 Å². The zero-order chi connectivity index (χ0) is 14.0. The second kappa shape index (κ2) is 5.23. The Hall–Kier alpha value is -2.15. The Balaban J connectivity index is 2.34. The SMILES string of the molecule is O=C(O)c1ccc(N2CCC(O)CC2)c([N+](=O)[O-])c1. The average Bonchev–Trinajstić information content (AvgIpc) is 2.38. The van der Waals surface area contributed by atoms with Crippen molar-refractivity contribution >= 4 is 17.3 Å². The number of nitro groups is 1. The lowest BCUT2D eigenvalue weighted by Crippen LogP contribution is -2.36. The number of aliphatic hydroxyl groups excluding tert-OH is 1. The molecule has 0 aliphatic carbocycles. The Labute approximate surface area is 109 Å². The van der Waals surface area contributed by atoms with E-state index in [1.54, 1.807) is 4.90 Å². The van der Waals surface area contributed by atoms with Crippen molar-refractivity contribution in [2.24, 2.45) is 0 Å². The fraction of sp³-hybridized carbons (Fsp3) is 0.417. The summed E-state index contributed by atoms with van der Waals surface area (Å²) in [6.07, 6.45) is 0.740. The Morgan fingerprint density at radius 3 is 2.53 bits per heavy atom. The number of aliphatic hydroxyl groups is 1. The van der Waals surface area contributed by atoms with Crippen LogP contribution >= 0.6 is 0 Å². The van der Waals surface area contributed by atoms with Gasteiger partial charge in [0.05, 0.1) is 16.6 Å². The van der Waals surface area contributed by atoms with E-state index in [0.29, 0.717) is 31.6 Å². The minimum Gasteiger partial charge on any atom is -0.478 e. The number of rotatable bonds is 3. The Morgan fingerprint density at radius 2 is 2.00 bits per heavy atom. The van der Waals surface area contributed by atoms with Crippen LogP contribution in [0.1, 0.15) is 23.2 Å². The Morgan fingerprint density at radius 1 is 1.37 bits per heavy atom. The number of piperidine rings is 1. The number of nitro benzene ring substituents is 1. The Bertz CT molecular complexity index is 509. The Kier molecular flexibility index (Phi) is 3.66. The maximum absolute atomic E-state index is 11.0. The van der Waals surface area contributed by atoms with Crippen LogP contribution in [0.15, 0.2) is 18.2 Å². The quantitative estimate of drug-likeness (QED) is 0.630. The zero-order valence-electron chi connectivity index (χ0n) is 10.2. The number of carbonyl (C=O) groups is 1. The molecular formula is C12H14N2O5. The molecule has 0 unspecified atom stereocenters. The van der Waals surface area contributed by atoms with E-state index >= 15 is 0 Å². The van der Waals surface area contributed by atoms with Crippen LogP contribution in [0.4, 0.5) is 11.4 Å². The molecule has 1 heterocycles. The highest BCUT2D eigenvalue weighted by Gasteiger charge is 2.25. The third-order valence-corrected chi connectivity index (χ3v) is 3.22. The van der Waals surface area contributed by atoms with Gasteiger partial charge in [0.1, 0.15) is 5.69 Å². The smallest absolute Gasteiger partial charge is 0.335 e. The molecule has 2 N–H and O–H groups in total. The summed E-state index contributed by atoms with van der Waals surface area (Å²) in [7, 11) is 0. The lowest BCUT2D eigenvalue weighted by Gasteiger charge is -2.31. The van der Waals surface area contributed by atoms with Gasteiger partial charge < -0.3 is 15.1 Å². The van der Waals surface area contributed by atoms with Crippen molar-refractivity contribution in [2.45, 2.75) is 18.9 Å². The molecule has 1 fully saturated rings. The number of aromatic carboxylic acids is 1. The summed E-state index contributed by atoms with van der Waals surface area (Å²) >= 11 is 0. The third-order valence-electron chi connectivity index (χ3n) is 3.22. The molecule has 0 spiro atoms. The first-order valence-electron chi connectivity index (χ1n) is 5.94. The topological polar surface area (TPSA) is 104 Å². The standard InChI is InChI=1S/C12H14N2O5/c15-9-3-5-13(6-4-9)10-2-1-8(12(16)17)7-11(10)14(18)19/h1-2,7,9,15H,3-6H2,(H,16,17). The van der Waals surface area contributed by atoms with Crippen LogP contribution in [0.2, 0.25) is 0 Å². The van der Waals surface area contributed by atoms with Crippen LogP contribution in [0.3, 0.4) is 0 Å². The van der Waals surface area contributed by atoms with Gasteiger partial charge in [-0.3, -0.25) is 10.1 Å². The predicted molar refractivity (Wildman–Crippen MR) is 67.5 cm³/mol. The highest BCUT2D eigenvalue weighted by Crippen LogP contribution is 2.31. The molecule has 1 aliphatic heterocycles. The van der Waals surface area contributed by atoms with Crippen molar-refractivity contribution in [2.75, 3.05) is 18.0 Å². The molecule has 1 aliphatic rings. The van der Waals surface area contributed by atoms with E-state index in [9.17, 15) is 20.0 Å². The van der Waals surface area contributed by atoms with E-state index in [4.69, 9.17) is 5.11 Å². The number of anilines is 1. The summed E-state index contributed by atoms with van der Waals surface area (Å²) < 4.78 is 0. The normalized spacial score (nSPS) is 16.4. The van der Waals surface area contributed by atoms with Crippen molar-refractivity contribution in [1.82, 2.24) is 0 Å². The summed E-state index contributed by atoms with van der Waals surface area (Å²) in [6, 6.07) is 3.89. The fourth-order valence-electron chi connectivity index (χ4n) is 2.18. The fourth-order valence-corrected chi connectivity index (χ4v) is 2.18. The summed E-state index contributed by atoms with van der Waals surface area (Å²) in [4.78, 5) is 23.1. The van der Waals surface area contributed by atoms with Crippen molar-refractivity contribution < 1.29 is 19.9 Å². The maximum Gasteiger partial charge on any atom is 0.335 e. The van der Waals surface area contributed by atoms with Crippen LogP contribution in [-0.2, 0) is 0 Å². The molecule has 19 heavy (non-hydrogen) atoms. The van der Waals surface area contributed by atoms with Gasteiger partial charge in [-0.25, -0.2) is 4.79 Å². The minimum absolute atomic E-state index is 0.104. The van der Waals surface area contributed by atoms with E-state index in [1.165, 1.54) is 12.1 Å². The van der Waals surface area contributed by atoms with Gasteiger partial charge in [0.15, 0.2) is 0 Å². The van der Waals surface area contributed by atoms with Gasteiger partial charge in [-0.15, -0.1) is 0 Å². The molecule has 1 aromatic rings. The molecule has 0 bridgehead atoms. The second-order valence-electron chi connectivity index (χ2n) is 4.48. The van der Waals surface area contributed by atoms with Crippen LogP contribution in [0.25, 0.3) is 0 Å². The molecule has 0 amide bonds. The molecule has 1 aromatic carbocycles. The highest BCUT2D eigenvalue weighted by atomic mass is 16.6. The first-order chi connectivity index (χ1) is 8.99. The molecule has 0 radical (unpaired) electrons. The van der Waals surface area contributed by atoms with Crippen molar-refractivity contribution in [3.8, 4) is 0 Å². The number of hydrogen-bond donors (Lipinski definition) is 2. The van der Waals surface area contributed by atoms with Gasteiger partial charge >= 0.3 is 5.97 Å². The molecule has 7 nitrogen and oxygen atoms in total. The van der Waals surface area contributed by atoms with E-state index < -0.39 is 10.9 Å². The number of hydrogen-bond acceptors (Lipinski definition) is 5. The maximum atomic E-state index is 11.0. The van der Waals surface area contributed by atoms with E-state index in [0.717, 1.165) is 6.07 Å². The first kappa shape index (κ1) is 13.3. The van der Waals surface area contributed by atoms with Crippen LogP contribution in [0, 0.1) is 10.1 Å². The van der Waals surface area contributed by atoms with Gasteiger partial charge in [0, 0.05) is 19.2 Å². The molecule has 102 valence electrons. The van der Waals surface area contributed by atoms with Crippen molar-refractivity contribution in [3.63, 3.8) is 0 Å². The molecule has 7 heteroatoms. The summed E-state index contributed by atoms with van der Waals surface area (Å²) in [5, 5.41) is 29.3. The molecular weight excluding hydrogens is 252 g/mol. The van der Waals surface area contributed by atoms with E-state index in [2.05, 4.69) is 0 Å². The third kappa shape index (κ3) is 2.82. The summed E-state index contributed by atoms with van der Waals surface area (Å²) in [5.41, 5.74) is 0.0886. The lowest BCUT2D eigenvalue weighted by molar-refractivity contribution is -0.384. The van der Waals surface area contributed by atoms with Gasteiger partial charge in [-0.1, -0.05) is 0 Å². The number of nitrogens with zero attached hydrogens (tertiary/aromatic N) is 2. The zero-order valence-corrected chi connectivity index (χ0v) is 10.2. The van der Waals surface area contributed by atoms with Gasteiger partial charge in [0.25, 0.3) is 5.69 Å². The van der Waals surface area contributed by atoms with Crippen LogP contribution < -0.4 is 4.90 Å². The molecule has 2 rings (SSSR count). The number of carboxylic acids is 1. The van der Waals surface area contributed by atoms with E-state index in [1.807, 2.05) is 0 Å². The first-order valence-corrected chi connectivity index (χ1v) is 5.94. The second-order valence-corrected chi connectivity index (χ2v) is 4.48. The van der Waals surface area contributed by atoms with Gasteiger partial charge in [-0.05, 0) is 25.0 Å². The molecule has 0 atom stereocenters. The highest BCUT2D eigenvalue weighted by molar-refractivity contribution is 5.89. The summed E-state index contributed by atoms with van der Waals surface area (Å²) in [6.45, 7) is 1.04. The monoisotopic (exact) mass is 266 g/mol. The largest absolute Gasteiger partial charge is 0.478 e. The minimum atomic E-state index is -1.19.